The molecule has 8 heteroatoms. The van der Waals surface area contributed by atoms with Crippen LogP contribution in [0, 0.1) is 5.92 Å². The molecule has 1 N–H and O–H groups in total. The summed E-state index contributed by atoms with van der Waals surface area (Å²) in [6.07, 6.45) is 1.44. The number of fused-ring (bicyclic) bond motifs is 3. The predicted octanol–water partition coefficient (Wildman–Crippen LogP) is 4.58. The second kappa shape index (κ2) is 11.3. The fourth-order valence-electron chi connectivity index (χ4n) is 4.76. The van der Waals surface area contributed by atoms with Crippen LogP contribution in [0.1, 0.15) is 37.4 Å². The molecule has 0 saturated heterocycles. The molecular formula is C28H35N3O4S. The molecule has 1 aliphatic heterocycles. The van der Waals surface area contributed by atoms with Gasteiger partial charge in [-0.3, -0.25) is 9.59 Å². The van der Waals surface area contributed by atoms with Crippen LogP contribution in [0.5, 0.6) is 11.5 Å². The molecule has 7 nitrogen and oxygen atoms in total. The molecule has 1 atom stereocenters. The number of nitrogens with zero attached hydrogens (tertiary/aromatic N) is 2. The standard InChI is InChI=1S/C28H35N3O4S/c1-18(2)12-14-29-27(33)26-25-21-8-6-7-9-22(21)30(3)28(25)36-17-24(32)31(26)15-13-19-10-11-20(34-4)16-23(19)35-5/h6-11,16,18,26H,12-15,17H2,1-5H3,(H,29,33). The van der Waals surface area contributed by atoms with E-state index >= 15 is 0 Å². The Hall–Kier alpha value is -3.13. The second-order valence-electron chi connectivity index (χ2n) is 9.47. The predicted molar refractivity (Wildman–Crippen MR) is 144 cm³/mol. The summed E-state index contributed by atoms with van der Waals surface area (Å²) in [5, 5.41) is 5.10. The lowest BCUT2D eigenvalue weighted by Crippen LogP contribution is -2.45. The number of rotatable bonds is 9. The number of carbonyl (C=O) groups is 2. The second-order valence-corrected chi connectivity index (χ2v) is 10.4. The Morgan fingerprint density at radius 2 is 1.94 bits per heavy atom. The summed E-state index contributed by atoms with van der Waals surface area (Å²) in [5.41, 5.74) is 2.92. The van der Waals surface area contributed by atoms with Gasteiger partial charge in [-0.25, -0.2) is 0 Å². The van der Waals surface area contributed by atoms with Crippen molar-refractivity contribution in [2.45, 2.75) is 37.8 Å². The van der Waals surface area contributed by atoms with Gasteiger partial charge in [0.05, 0.1) is 25.0 Å². The maximum absolute atomic E-state index is 13.8. The molecule has 0 saturated carbocycles. The van der Waals surface area contributed by atoms with Crippen LogP contribution in [-0.2, 0) is 23.1 Å². The first-order valence-corrected chi connectivity index (χ1v) is 13.3. The van der Waals surface area contributed by atoms with Crippen molar-refractivity contribution < 1.29 is 19.1 Å². The molecule has 192 valence electrons. The third-order valence-corrected chi connectivity index (χ3v) is 7.87. The van der Waals surface area contributed by atoms with Gasteiger partial charge >= 0.3 is 0 Å². The van der Waals surface area contributed by atoms with Crippen molar-refractivity contribution in [3.05, 3.63) is 53.6 Å². The maximum atomic E-state index is 13.8. The van der Waals surface area contributed by atoms with Gasteiger partial charge in [-0.05, 0) is 36.5 Å². The van der Waals surface area contributed by atoms with Crippen molar-refractivity contribution >= 4 is 34.5 Å². The number of methoxy groups -OCH3 is 2. The molecular weight excluding hydrogens is 474 g/mol. The number of carbonyl (C=O) groups excluding carboxylic acids is 2. The highest BCUT2D eigenvalue weighted by Crippen LogP contribution is 2.42. The number of amides is 2. The molecule has 1 aliphatic rings. The zero-order valence-electron chi connectivity index (χ0n) is 21.7. The lowest BCUT2D eigenvalue weighted by Gasteiger charge is -2.30. The highest BCUT2D eigenvalue weighted by molar-refractivity contribution is 8.00. The van der Waals surface area contributed by atoms with Crippen LogP contribution in [-0.4, -0.2) is 54.3 Å². The van der Waals surface area contributed by atoms with Gasteiger partial charge in [0.25, 0.3) is 0 Å². The number of hydrogen-bond acceptors (Lipinski definition) is 5. The minimum absolute atomic E-state index is 0.0447. The van der Waals surface area contributed by atoms with E-state index in [0.29, 0.717) is 36.9 Å². The largest absolute Gasteiger partial charge is 0.497 e. The third-order valence-electron chi connectivity index (χ3n) is 6.71. The smallest absolute Gasteiger partial charge is 0.247 e. The van der Waals surface area contributed by atoms with Crippen molar-refractivity contribution in [2.75, 3.05) is 33.1 Å². The molecule has 0 spiro atoms. The first-order valence-electron chi connectivity index (χ1n) is 12.3. The monoisotopic (exact) mass is 509 g/mol. The molecule has 0 aliphatic carbocycles. The zero-order valence-corrected chi connectivity index (χ0v) is 22.5. The van der Waals surface area contributed by atoms with Crippen molar-refractivity contribution in [1.82, 2.24) is 14.8 Å². The molecule has 0 fully saturated rings. The lowest BCUT2D eigenvalue weighted by atomic mass is 10.0. The Kier molecular flexibility index (Phi) is 8.14. The quantitative estimate of drug-likeness (QED) is 0.457. The molecule has 2 heterocycles. The Bertz CT molecular complexity index is 1250. The summed E-state index contributed by atoms with van der Waals surface area (Å²) in [6.45, 7) is 5.24. The highest BCUT2D eigenvalue weighted by atomic mass is 32.2. The highest BCUT2D eigenvalue weighted by Gasteiger charge is 2.38. The molecule has 1 aromatic heterocycles. The molecule has 3 aromatic rings. The average molecular weight is 510 g/mol. The van der Waals surface area contributed by atoms with Gasteiger partial charge in [-0.2, -0.15) is 0 Å². The Morgan fingerprint density at radius 1 is 1.17 bits per heavy atom. The van der Waals surface area contributed by atoms with Crippen LogP contribution in [0.4, 0.5) is 0 Å². The molecule has 1 unspecified atom stereocenters. The van der Waals surface area contributed by atoms with Crippen LogP contribution in [0.3, 0.4) is 0 Å². The van der Waals surface area contributed by atoms with Crippen molar-refractivity contribution in [2.24, 2.45) is 13.0 Å². The molecule has 36 heavy (non-hydrogen) atoms. The summed E-state index contributed by atoms with van der Waals surface area (Å²) in [5.74, 6) is 1.99. The molecule has 2 aromatic carbocycles. The Labute approximate surface area is 217 Å². The van der Waals surface area contributed by atoms with Gasteiger partial charge < -0.3 is 24.3 Å². The molecule has 0 radical (unpaired) electrons. The topological polar surface area (TPSA) is 72.8 Å². The van der Waals surface area contributed by atoms with Crippen LogP contribution < -0.4 is 14.8 Å². The number of ether oxygens (including phenoxy) is 2. The van der Waals surface area contributed by atoms with E-state index < -0.39 is 6.04 Å². The third kappa shape index (κ3) is 5.19. The Morgan fingerprint density at radius 3 is 2.67 bits per heavy atom. The number of nitrogens with one attached hydrogen (secondary N) is 1. The van der Waals surface area contributed by atoms with Gasteiger partial charge in [0.2, 0.25) is 11.8 Å². The number of hydrogen-bond donors (Lipinski definition) is 1. The summed E-state index contributed by atoms with van der Waals surface area (Å²) in [4.78, 5) is 29.0. The van der Waals surface area contributed by atoms with E-state index in [2.05, 4.69) is 29.8 Å². The fourth-order valence-corrected chi connectivity index (χ4v) is 5.85. The van der Waals surface area contributed by atoms with E-state index in [0.717, 1.165) is 33.5 Å². The maximum Gasteiger partial charge on any atom is 0.247 e. The van der Waals surface area contributed by atoms with Crippen molar-refractivity contribution in [3.8, 4) is 11.5 Å². The summed E-state index contributed by atoms with van der Waals surface area (Å²) >= 11 is 1.51. The van der Waals surface area contributed by atoms with E-state index in [4.69, 9.17) is 9.47 Å². The Balaban J connectivity index is 1.73. The van der Waals surface area contributed by atoms with Gasteiger partial charge in [0, 0.05) is 42.7 Å². The average Bonchev–Trinajstić information content (AvgIpc) is 3.06. The van der Waals surface area contributed by atoms with Crippen LogP contribution in [0.25, 0.3) is 10.9 Å². The number of aromatic nitrogens is 1. The summed E-state index contributed by atoms with van der Waals surface area (Å²) in [7, 11) is 5.25. The van der Waals surface area contributed by atoms with E-state index in [9.17, 15) is 9.59 Å². The number of para-hydroxylation sites is 1. The SMILES string of the molecule is COc1ccc(CCN2C(=O)CSc3c(c4ccccc4n3C)C2C(=O)NCCC(C)C)c(OC)c1. The van der Waals surface area contributed by atoms with E-state index in [-0.39, 0.29) is 17.6 Å². The van der Waals surface area contributed by atoms with E-state index in [1.807, 2.05) is 43.4 Å². The van der Waals surface area contributed by atoms with Gasteiger partial charge in [-0.1, -0.05) is 49.9 Å². The molecule has 0 bridgehead atoms. The van der Waals surface area contributed by atoms with Crippen molar-refractivity contribution in [3.63, 3.8) is 0 Å². The van der Waals surface area contributed by atoms with Gasteiger partial charge in [-0.15, -0.1) is 0 Å². The molecule has 4 rings (SSSR count). The van der Waals surface area contributed by atoms with E-state index in [1.165, 1.54) is 11.8 Å². The summed E-state index contributed by atoms with van der Waals surface area (Å²) < 4.78 is 13.0. The fraction of sp³-hybridized carbons (Fsp3) is 0.429. The van der Waals surface area contributed by atoms with Gasteiger partial charge in [0.15, 0.2) is 0 Å². The van der Waals surface area contributed by atoms with Crippen LogP contribution in [0.2, 0.25) is 0 Å². The zero-order chi connectivity index (χ0) is 25.8. The van der Waals surface area contributed by atoms with Gasteiger partial charge in [0.1, 0.15) is 17.5 Å². The lowest BCUT2D eigenvalue weighted by molar-refractivity contribution is -0.138. The number of thioether (sulfide) groups is 1. The van der Waals surface area contributed by atoms with E-state index in [1.54, 1.807) is 19.1 Å². The van der Waals surface area contributed by atoms with Crippen LogP contribution >= 0.6 is 11.8 Å². The minimum Gasteiger partial charge on any atom is -0.497 e. The number of aryl methyl sites for hydroxylation is 1. The first-order chi connectivity index (χ1) is 17.3. The van der Waals surface area contributed by atoms with Crippen molar-refractivity contribution in [1.29, 1.82) is 0 Å². The normalized spacial score (nSPS) is 15.7. The summed E-state index contributed by atoms with van der Waals surface area (Å²) in [6, 6.07) is 13.1. The number of benzene rings is 2. The first kappa shape index (κ1) is 25.9. The minimum atomic E-state index is -0.704. The van der Waals surface area contributed by atoms with Crippen LogP contribution in [0.15, 0.2) is 47.5 Å². The molecule has 2 amide bonds.